The Hall–Kier alpha value is -3.45. The van der Waals surface area contributed by atoms with Crippen LogP contribution in [0, 0.1) is 0 Å². The SMILES string of the molecule is O=C(NS(=O)(=O)c1ccccc1C(=O)Nc1ccccc1)c1ccccc1. The van der Waals surface area contributed by atoms with Crippen LogP contribution >= 0.6 is 0 Å². The van der Waals surface area contributed by atoms with E-state index in [0.717, 1.165) is 0 Å². The maximum atomic E-state index is 12.7. The van der Waals surface area contributed by atoms with Crippen LogP contribution in [0.15, 0.2) is 89.8 Å². The third-order valence-electron chi connectivity index (χ3n) is 3.72. The Kier molecular flexibility index (Phi) is 5.33. The number of hydrogen-bond acceptors (Lipinski definition) is 4. The standard InChI is InChI=1S/C20H16N2O4S/c23-19(15-9-3-1-4-10-15)22-27(25,26)18-14-8-7-13-17(18)20(24)21-16-11-5-2-6-12-16/h1-14H,(H,21,24)(H,22,23). The smallest absolute Gasteiger partial charge is 0.265 e. The minimum Gasteiger partial charge on any atom is -0.322 e. The highest BCUT2D eigenvalue weighted by Crippen LogP contribution is 2.18. The summed E-state index contributed by atoms with van der Waals surface area (Å²) in [6, 6.07) is 22.3. The van der Waals surface area contributed by atoms with Gasteiger partial charge >= 0.3 is 0 Å². The topological polar surface area (TPSA) is 92.3 Å². The highest BCUT2D eigenvalue weighted by molar-refractivity contribution is 7.90. The van der Waals surface area contributed by atoms with Crippen molar-refractivity contribution in [3.05, 3.63) is 96.1 Å². The molecule has 3 rings (SSSR count). The molecular formula is C20H16N2O4S. The Labute approximate surface area is 156 Å². The molecule has 0 spiro atoms. The number of anilines is 1. The first-order valence-corrected chi connectivity index (χ1v) is 9.53. The van der Waals surface area contributed by atoms with E-state index < -0.39 is 21.8 Å². The van der Waals surface area contributed by atoms with Crippen LogP contribution in [-0.4, -0.2) is 20.2 Å². The summed E-state index contributed by atoms with van der Waals surface area (Å²) in [5.41, 5.74) is 0.671. The normalized spacial score (nSPS) is 10.8. The largest absolute Gasteiger partial charge is 0.322 e. The van der Waals surface area contributed by atoms with E-state index >= 15 is 0 Å². The summed E-state index contributed by atoms with van der Waals surface area (Å²) < 4.78 is 27.4. The summed E-state index contributed by atoms with van der Waals surface area (Å²) in [6.45, 7) is 0. The van der Waals surface area contributed by atoms with Crippen molar-refractivity contribution in [3.63, 3.8) is 0 Å². The van der Waals surface area contributed by atoms with Crippen molar-refractivity contribution in [3.8, 4) is 0 Å². The van der Waals surface area contributed by atoms with Crippen molar-refractivity contribution in [2.24, 2.45) is 0 Å². The van der Waals surface area contributed by atoms with Gasteiger partial charge in [-0.05, 0) is 36.4 Å². The lowest BCUT2D eigenvalue weighted by atomic mass is 10.2. The molecule has 0 fully saturated rings. The minimum atomic E-state index is -4.24. The third kappa shape index (κ3) is 4.39. The van der Waals surface area contributed by atoms with E-state index in [-0.39, 0.29) is 16.0 Å². The molecule has 0 aliphatic heterocycles. The van der Waals surface area contributed by atoms with Crippen LogP contribution in [0.3, 0.4) is 0 Å². The van der Waals surface area contributed by atoms with Gasteiger partial charge in [0.15, 0.2) is 0 Å². The molecular weight excluding hydrogens is 364 g/mol. The molecule has 3 aromatic rings. The predicted molar refractivity (Wildman–Crippen MR) is 102 cm³/mol. The average molecular weight is 380 g/mol. The van der Waals surface area contributed by atoms with Gasteiger partial charge < -0.3 is 5.32 Å². The van der Waals surface area contributed by atoms with Crippen LogP contribution in [0.5, 0.6) is 0 Å². The number of para-hydroxylation sites is 1. The lowest BCUT2D eigenvalue weighted by molar-refractivity contribution is 0.0978. The highest BCUT2D eigenvalue weighted by atomic mass is 32.2. The van der Waals surface area contributed by atoms with Gasteiger partial charge in [0.1, 0.15) is 4.90 Å². The van der Waals surface area contributed by atoms with Gasteiger partial charge in [0.2, 0.25) is 0 Å². The molecule has 0 heterocycles. The van der Waals surface area contributed by atoms with Crippen molar-refractivity contribution >= 4 is 27.5 Å². The Bertz CT molecular complexity index is 1070. The number of rotatable bonds is 5. The molecule has 27 heavy (non-hydrogen) atoms. The maximum absolute atomic E-state index is 12.7. The lowest BCUT2D eigenvalue weighted by Crippen LogP contribution is -2.32. The fourth-order valence-electron chi connectivity index (χ4n) is 2.43. The van der Waals surface area contributed by atoms with E-state index in [2.05, 4.69) is 5.32 Å². The van der Waals surface area contributed by atoms with Gasteiger partial charge in [-0.2, -0.15) is 0 Å². The van der Waals surface area contributed by atoms with Crippen molar-refractivity contribution in [2.45, 2.75) is 4.90 Å². The van der Waals surface area contributed by atoms with E-state index in [4.69, 9.17) is 0 Å². The predicted octanol–water partition coefficient (Wildman–Crippen LogP) is 3.06. The van der Waals surface area contributed by atoms with E-state index in [0.29, 0.717) is 5.69 Å². The second-order valence-corrected chi connectivity index (χ2v) is 7.27. The second kappa shape index (κ2) is 7.84. The van der Waals surface area contributed by atoms with Gasteiger partial charge in [0.25, 0.3) is 21.8 Å². The van der Waals surface area contributed by atoms with Gasteiger partial charge in [-0.15, -0.1) is 0 Å². The van der Waals surface area contributed by atoms with Crippen molar-refractivity contribution < 1.29 is 18.0 Å². The number of carbonyl (C=O) groups is 2. The van der Waals surface area contributed by atoms with Crippen LogP contribution < -0.4 is 10.0 Å². The molecule has 0 aromatic heterocycles. The molecule has 0 saturated carbocycles. The highest BCUT2D eigenvalue weighted by Gasteiger charge is 2.24. The summed E-state index contributed by atoms with van der Waals surface area (Å²) in [7, 11) is -4.24. The number of hydrogen-bond donors (Lipinski definition) is 2. The number of amides is 2. The molecule has 0 radical (unpaired) electrons. The van der Waals surface area contributed by atoms with Crippen LogP contribution in [-0.2, 0) is 10.0 Å². The fraction of sp³-hybridized carbons (Fsp3) is 0. The molecule has 0 unspecified atom stereocenters. The average Bonchev–Trinajstić information content (AvgIpc) is 2.69. The van der Waals surface area contributed by atoms with Crippen molar-refractivity contribution in [1.29, 1.82) is 0 Å². The molecule has 6 nitrogen and oxygen atoms in total. The Morgan fingerprint density at radius 1 is 0.667 bits per heavy atom. The van der Waals surface area contributed by atoms with E-state index in [1.165, 1.54) is 30.3 Å². The maximum Gasteiger partial charge on any atom is 0.265 e. The zero-order valence-corrected chi connectivity index (χ0v) is 14.9. The number of nitrogens with one attached hydrogen (secondary N) is 2. The van der Waals surface area contributed by atoms with Crippen LogP contribution in [0.25, 0.3) is 0 Å². The molecule has 0 atom stereocenters. The van der Waals surface area contributed by atoms with Gasteiger partial charge in [-0.25, -0.2) is 13.1 Å². The Balaban J connectivity index is 1.88. The van der Waals surface area contributed by atoms with E-state index in [1.54, 1.807) is 54.6 Å². The first-order chi connectivity index (χ1) is 13.0. The minimum absolute atomic E-state index is 0.0604. The molecule has 0 bridgehead atoms. The Morgan fingerprint density at radius 3 is 1.89 bits per heavy atom. The van der Waals surface area contributed by atoms with Gasteiger partial charge in [-0.1, -0.05) is 48.5 Å². The molecule has 0 aliphatic carbocycles. The molecule has 7 heteroatoms. The summed E-state index contributed by atoms with van der Waals surface area (Å²) in [5.74, 6) is -1.36. The first-order valence-electron chi connectivity index (χ1n) is 8.05. The summed E-state index contributed by atoms with van der Waals surface area (Å²) in [6.07, 6.45) is 0. The van der Waals surface area contributed by atoms with Crippen LogP contribution in [0.4, 0.5) is 5.69 Å². The van der Waals surface area contributed by atoms with E-state index in [1.807, 2.05) is 4.72 Å². The quantitative estimate of drug-likeness (QED) is 0.712. The third-order valence-corrected chi connectivity index (χ3v) is 5.11. The monoisotopic (exact) mass is 380 g/mol. The van der Waals surface area contributed by atoms with Crippen molar-refractivity contribution in [2.75, 3.05) is 5.32 Å². The second-order valence-electron chi connectivity index (χ2n) is 5.62. The van der Waals surface area contributed by atoms with Crippen LogP contribution in [0.2, 0.25) is 0 Å². The summed E-state index contributed by atoms with van der Waals surface area (Å²) in [5, 5.41) is 2.64. The molecule has 0 saturated heterocycles. The molecule has 136 valence electrons. The number of carbonyl (C=O) groups excluding carboxylic acids is 2. The molecule has 2 amide bonds. The first kappa shape index (κ1) is 18.3. The lowest BCUT2D eigenvalue weighted by Gasteiger charge is -2.12. The summed E-state index contributed by atoms with van der Waals surface area (Å²) in [4.78, 5) is 24.5. The summed E-state index contributed by atoms with van der Waals surface area (Å²) >= 11 is 0. The molecule has 0 aliphatic rings. The molecule has 3 aromatic carbocycles. The van der Waals surface area contributed by atoms with Crippen LogP contribution in [0.1, 0.15) is 20.7 Å². The van der Waals surface area contributed by atoms with Gasteiger partial charge in [0, 0.05) is 11.3 Å². The number of sulfonamides is 1. The zero-order valence-electron chi connectivity index (χ0n) is 14.1. The van der Waals surface area contributed by atoms with E-state index in [9.17, 15) is 18.0 Å². The zero-order chi connectivity index (χ0) is 19.3. The van der Waals surface area contributed by atoms with Gasteiger partial charge in [-0.3, -0.25) is 9.59 Å². The van der Waals surface area contributed by atoms with Crippen molar-refractivity contribution in [1.82, 2.24) is 4.72 Å². The van der Waals surface area contributed by atoms with Gasteiger partial charge in [0.05, 0.1) is 5.56 Å². The fourth-order valence-corrected chi connectivity index (χ4v) is 3.61. The number of benzene rings is 3. The Morgan fingerprint density at radius 2 is 1.22 bits per heavy atom. The molecule has 2 N–H and O–H groups in total.